The van der Waals surface area contributed by atoms with E-state index >= 15 is 0 Å². The van der Waals surface area contributed by atoms with Crippen LogP contribution in [0.2, 0.25) is 0 Å². The van der Waals surface area contributed by atoms with Crippen molar-refractivity contribution in [1.29, 1.82) is 0 Å². The first-order valence-corrected chi connectivity index (χ1v) is 8.57. The number of nitrogens with one attached hydrogen (secondary N) is 1. The fraction of sp³-hybridized carbons (Fsp3) is 0.882. The van der Waals surface area contributed by atoms with Gasteiger partial charge in [0.25, 0.3) is 0 Å². The van der Waals surface area contributed by atoms with E-state index in [0.29, 0.717) is 0 Å². The normalized spacial score (nSPS) is 14.1. The molecule has 0 aromatic carbocycles. The Balaban J connectivity index is 1.68. The van der Waals surface area contributed by atoms with Gasteiger partial charge in [-0.3, -0.25) is 0 Å². The first-order valence-electron chi connectivity index (χ1n) is 8.57. The van der Waals surface area contributed by atoms with Crippen molar-refractivity contribution >= 4 is 0 Å². The van der Waals surface area contributed by atoms with Gasteiger partial charge in [0, 0.05) is 18.9 Å². The number of rotatable bonds is 13. The fourth-order valence-electron chi connectivity index (χ4n) is 2.69. The van der Waals surface area contributed by atoms with Gasteiger partial charge in [0.15, 0.2) is 0 Å². The van der Waals surface area contributed by atoms with Gasteiger partial charge in [0.05, 0.1) is 6.67 Å². The lowest BCUT2D eigenvalue weighted by Crippen LogP contribution is -2.21. The number of nitrogens with zero attached hydrogens (tertiary/aromatic N) is 1. The predicted molar refractivity (Wildman–Crippen MR) is 84.9 cm³/mol. The molecule has 19 heavy (non-hydrogen) atoms. The summed E-state index contributed by atoms with van der Waals surface area (Å²) in [5.74, 6) is 0. The highest BCUT2D eigenvalue weighted by molar-refractivity contribution is 4.86. The summed E-state index contributed by atoms with van der Waals surface area (Å²) in [4.78, 5) is 2.36. The van der Waals surface area contributed by atoms with Gasteiger partial charge in [-0.1, -0.05) is 77.6 Å². The van der Waals surface area contributed by atoms with E-state index in [0.717, 1.165) is 6.67 Å². The number of unbranched alkanes of at least 4 members (excludes halogenated alkanes) is 11. The van der Waals surface area contributed by atoms with E-state index in [1.165, 1.54) is 83.6 Å². The van der Waals surface area contributed by atoms with Gasteiger partial charge >= 0.3 is 0 Å². The van der Waals surface area contributed by atoms with E-state index in [2.05, 4.69) is 23.3 Å². The molecule has 0 aromatic rings. The molecule has 2 heteroatoms. The van der Waals surface area contributed by atoms with Gasteiger partial charge in [-0.15, -0.1) is 0 Å². The van der Waals surface area contributed by atoms with Crippen molar-refractivity contribution in [2.45, 2.75) is 84.0 Å². The van der Waals surface area contributed by atoms with Crippen molar-refractivity contribution in [1.82, 2.24) is 10.2 Å². The zero-order chi connectivity index (χ0) is 13.6. The number of hydrogen-bond donors (Lipinski definition) is 1. The van der Waals surface area contributed by atoms with E-state index in [4.69, 9.17) is 0 Å². The predicted octanol–water partition coefficient (Wildman–Crippen LogP) is 5.02. The molecule has 1 N–H and O–H groups in total. The van der Waals surface area contributed by atoms with Crippen LogP contribution < -0.4 is 5.32 Å². The van der Waals surface area contributed by atoms with Gasteiger partial charge < -0.3 is 10.2 Å². The Bertz CT molecular complexity index is 213. The summed E-state index contributed by atoms with van der Waals surface area (Å²) < 4.78 is 0. The Morgan fingerprint density at radius 3 is 1.79 bits per heavy atom. The highest BCUT2D eigenvalue weighted by atomic mass is 15.2. The summed E-state index contributed by atoms with van der Waals surface area (Å²) in [7, 11) is 0. The van der Waals surface area contributed by atoms with Crippen molar-refractivity contribution in [2.75, 3.05) is 13.2 Å². The van der Waals surface area contributed by atoms with Crippen LogP contribution in [0.3, 0.4) is 0 Å². The van der Waals surface area contributed by atoms with Gasteiger partial charge in [-0.2, -0.15) is 0 Å². The lowest BCUT2D eigenvalue weighted by molar-refractivity contribution is 0.375. The molecule has 0 saturated heterocycles. The lowest BCUT2D eigenvalue weighted by atomic mass is 10.1. The summed E-state index contributed by atoms with van der Waals surface area (Å²) in [6.07, 6.45) is 21.4. The molecule has 0 saturated carbocycles. The third-order valence-corrected chi connectivity index (χ3v) is 4.00. The van der Waals surface area contributed by atoms with Gasteiger partial charge in [0.1, 0.15) is 0 Å². The first-order chi connectivity index (χ1) is 9.43. The maximum absolute atomic E-state index is 3.21. The van der Waals surface area contributed by atoms with Crippen molar-refractivity contribution in [3.8, 4) is 0 Å². The fourth-order valence-corrected chi connectivity index (χ4v) is 2.69. The molecule has 0 unspecified atom stereocenters. The summed E-state index contributed by atoms with van der Waals surface area (Å²) in [6, 6.07) is 0. The van der Waals surface area contributed by atoms with E-state index < -0.39 is 0 Å². The van der Waals surface area contributed by atoms with Crippen LogP contribution in [0.4, 0.5) is 0 Å². The van der Waals surface area contributed by atoms with Crippen LogP contribution in [0.1, 0.15) is 84.0 Å². The van der Waals surface area contributed by atoms with Crippen molar-refractivity contribution in [2.24, 2.45) is 0 Å². The molecule has 1 aliphatic heterocycles. The molecule has 1 rings (SSSR count). The van der Waals surface area contributed by atoms with Crippen LogP contribution in [0, 0.1) is 0 Å². The van der Waals surface area contributed by atoms with Gasteiger partial charge in [-0.05, 0) is 6.42 Å². The minimum absolute atomic E-state index is 1.01. The monoisotopic (exact) mass is 266 g/mol. The van der Waals surface area contributed by atoms with E-state index in [1.807, 2.05) is 6.20 Å². The molecule has 0 amide bonds. The Hall–Kier alpha value is -0.660. The van der Waals surface area contributed by atoms with E-state index in [1.54, 1.807) is 0 Å². The lowest BCUT2D eigenvalue weighted by Gasteiger charge is -2.13. The highest BCUT2D eigenvalue weighted by Gasteiger charge is 2.01. The maximum atomic E-state index is 3.21. The molecule has 0 fully saturated rings. The molecule has 0 spiro atoms. The SMILES string of the molecule is CCCCCCCCCCCCCCN1C=CNC1. The van der Waals surface area contributed by atoms with Gasteiger partial charge in [-0.25, -0.2) is 0 Å². The summed E-state index contributed by atoms with van der Waals surface area (Å²) in [5.41, 5.74) is 0. The second-order valence-electron chi connectivity index (χ2n) is 5.88. The summed E-state index contributed by atoms with van der Waals surface area (Å²) >= 11 is 0. The van der Waals surface area contributed by atoms with Crippen LogP contribution in [-0.4, -0.2) is 18.1 Å². The Morgan fingerprint density at radius 1 is 0.789 bits per heavy atom. The average Bonchev–Trinajstić information content (AvgIpc) is 2.93. The highest BCUT2D eigenvalue weighted by Crippen LogP contribution is 2.12. The quantitative estimate of drug-likeness (QED) is 0.471. The molecule has 1 heterocycles. The maximum Gasteiger partial charge on any atom is 0.0867 e. The molecule has 0 atom stereocenters. The molecular formula is C17H34N2. The molecule has 0 aliphatic carbocycles. The Morgan fingerprint density at radius 2 is 1.32 bits per heavy atom. The average molecular weight is 266 g/mol. The largest absolute Gasteiger partial charge is 0.373 e. The van der Waals surface area contributed by atoms with Crippen LogP contribution in [-0.2, 0) is 0 Å². The van der Waals surface area contributed by atoms with Crippen LogP contribution in [0.5, 0.6) is 0 Å². The summed E-state index contributed by atoms with van der Waals surface area (Å²) in [6.45, 7) is 4.52. The second kappa shape index (κ2) is 12.4. The topological polar surface area (TPSA) is 15.3 Å². The zero-order valence-electron chi connectivity index (χ0n) is 13.0. The van der Waals surface area contributed by atoms with E-state index in [9.17, 15) is 0 Å². The van der Waals surface area contributed by atoms with Crippen molar-refractivity contribution < 1.29 is 0 Å². The van der Waals surface area contributed by atoms with Crippen LogP contribution >= 0.6 is 0 Å². The van der Waals surface area contributed by atoms with Crippen LogP contribution in [0.15, 0.2) is 12.4 Å². The minimum atomic E-state index is 1.01. The second-order valence-corrected chi connectivity index (χ2v) is 5.88. The third-order valence-electron chi connectivity index (χ3n) is 4.00. The minimum Gasteiger partial charge on any atom is -0.373 e. The third kappa shape index (κ3) is 9.86. The van der Waals surface area contributed by atoms with E-state index in [-0.39, 0.29) is 0 Å². The molecule has 0 radical (unpaired) electrons. The number of hydrogen-bond acceptors (Lipinski definition) is 2. The molecule has 0 aromatic heterocycles. The molecule has 0 bridgehead atoms. The molecule has 1 aliphatic rings. The molecule has 2 nitrogen and oxygen atoms in total. The standard InChI is InChI=1S/C17H34N2/c1-2-3-4-5-6-7-8-9-10-11-12-13-15-19-16-14-18-17-19/h14,16,18H,2-13,15,17H2,1H3. The Labute approximate surface area is 120 Å². The molecule has 112 valence electrons. The van der Waals surface area contributed by atoms with Crippen molar-refractivity contribution in [3.63, 3.8) is 0 Å². The Kier molecular flexibility index (Phi) is 10.7. The van der Waals surface area contributed by atoms with Crippen molar-refractivity contribution in [3.05, 3.63) is 12.4 Å². The first kappa shape index (κ1) is 16.4. The zero-order valence-corrected chi connectivity index (χ0v) is 13.0. The van der Waals surface area contributed by atoms with Gasteiger partial charge in [0.2, 0.25) is 0 Å². The summed E-state index contributed by atoms with van der Waals surface area (Å²) in [5, 5.41) is 3.21. The van der Waals surface area contributed by atoms with Crippen LogP contribution in [0.25, 0.3) is 0 Å². The smallest absolute Gasteiger partial charge is 0.0867 e. The molecular weight excluding hydrogens is 232 g/mol.